The van der Waals surface area contributed by atoms with Crippen LogP contribution in [0.4, 0.5) is 5.69 Å². The second-order valence-corrected chi connectivity index (χ2v) is 6.34. The minimum atomic E-state index is -0.408. The molecule has 0 fully saturated rings. The fourth-order valence-electron chi connectivity index (χ4n) is 2.97. The molecule has 0 radical (unpaired) electrons. The van der Waals surface area contributed by atoms with Crippen LogP contribution < -0.4 is 0 Å². The van der Waals surface area contributed by atoms with Gasteiger partial charge in [0.1, 0.15) is 6.07 Å². The van der Waals surface area contributed by atoms with Crippen LogP contribution in [0, 0.1) is 35.3 Å². The van der Waals surface area contributed by atoms with Crippen LogP contribution in [0.15, 0.2) is 42.5 Å². The summed E-state index contributed by atoms with van der Waals surface area (Å²) in [7, 11) is 0. The first-order valence-electron chi connectivity index (χ1n) is 7.88. The highest BCUT2D eigenvalue weighted by molar-refractivity contribution is 6.32. The first-order valence-corrected chi connectivity index (χ1v) is 8.26. The van der Waals surface area contributed by atoms with Crippen molar-refractivity contribution in [3.63, 3.8) is 0 Å². The van der Waals surface area contributed by atoms with Gasteiger partial charge in [-0.2, -0.15) is 10.4 Å². The van der Waals surface area contributed by atoms with Crippen molar-refractivity contribution < 1.29 is 4.92 Å². The van der Waals surface area contributed by atoms with E-state index in [1.807, 2.05) is 36.7 Å². The predicted octanol–water partition coefficient (Wildman–Crippen LogP) is 4.65. The van der Waals surface area contributed by atoms with E-state index in [0.717, 1.165) is 28.1 Å². The van der Waals surface area contributed by atoms with Gasteiger partial charge in [0.2, 0.25) is 0 Å². The number of rotatable bonds is 4. The van der Waals surface area contributed by atoms with Crippen LogP contribution >= 0.6 is 11.6 Å². The first kappa shape index (κ1) is 17.6. The molecule has 0 unspecified atom stereocenters. The number of nitrogens with zero attached hydrogens (tertiary/aromatic N) is 4. The minimum absolute atomic E-state index is 0.0585. The number of benzene rings is 2. The highest BCUT2D eigenvalue weighted by Gasteiger charge is 2.15. The Morgan fingerprint density at radius 3 is 2.69 bits per heavy atom. The van der Waals surface area contributed by atoms with Crippen molar-refractivity contribution in [2.24, 2.45) is 0 Å². The van der Waals surface area contributed by atoms with E-state index in [9.17, 15) is 10.1 Å². The standard InChI is InChI=1S/C19H15ClN4O2/c1-12-19(15-6-7-16(10-21)18(20)9-15)13(2)23(22-12)11-14-4-3-5-17(8-14)24(25)26/h3-9H,11H2,1-2H3. The van der Waals surface area contributed by atoms with Crippen LogP contribution in [-0.4, -0.2) is 14.7 Å². The molecule has 0 aliphatic rings. The number of halogens is 1. The zero-order valence-corrected chi connectivity index (χ0v) is 15.0. The Hall–Kier alpha value is -3.17. The Morgan fingerprint density at radius 1 is 1.27 bits per heavy atom. The van der Waals surface area contributed by atoms with Gasteiger partial charge in [0.15, 0.2) is 0 Å². The normalized spacial score (nSPS) is 10.5. The van der Waals surface area contributed by atoms with Crippen LogP contribution in [0.25, 0.3) is 11.1 Å². The molecule has 0 N–H and O–H groups in total. The number of nitriles is 1. The Labute approximate surface area is 155 Å². The number of hydrogen-bond donors (Lipinski definition) is 0. The lowest BCUT2D eigenvalue weighted by Crippen LogP contribution is -2.04. The molecule has 0 aliphatic carbocycles. The van der Waals surface area contributed by atoms with E-state index in [1.54, 1.807) is 24.3 Å². The number of nitro groups is 1. The fourth-order valence-corrected chi connectivity index (χ4v) is 3.19. The van der Waals surface area contributed by atoms with Gasteiger partial charge in [-0.1, -0.05) is 29.8 Å². The summed E-state index contributed by atoms with van der Waals surface area (Å²) in [5, 5.41) is 24.9. The molecule has 0 bridgehead atoms. The Balaban J connectivity index is 1.99. The predicted molar refractivity (Wildman–Crippen MR) is 99.1 cm³/mol. The summed E-state index contributed by atoms with van der Waals surface area (Å²) in [6, 6.07) is 13.9. The lowest BCUT2D eigenvalue weighted by Gasteiger charge is -2.07. The van der Waals surface area contributed by atoms with Crippen molar-refractivity contribution in [3.8, 4) is 17.2 Å². The lowest BCUT2D eigenvalue weighted by atomic mass is 10.0. The van der Waals surface area contributed by atoms with E-state index in [4.69, 9.17) is 16.9 Å². The summed E-state index contributed by atoms with van der Waals surface area (Å²) < 4.78 is 1.82. The molecule has 0 atom stereocenters. The number of nitro benzene ring substituents is 1. The molecule has 0 saturated heterocycles. The molecule has 0 spiro atoms. The molecule has 7 heteroatoms. The van der Waals surface area contributed by atoms with Crippen molar-refractivity contribution in [2.45, 2.75) is 20.4 Å². The largest absolute Gasteiger partial charge is 0.269 e. The van der Waals surface area contributed by atoms with Crippen molar-refractivity contribution in [3.05, 3.63) is 80.1 Å². The lowest BCUT2D eigenvalue weighted by molar-refractivity contribution is -0.384. The van der Waals surface area contributed by atoms with E-state index < -0.39 is 4.92 Å². The van der Waals surface area contributed by atoms with E-state index in [2.05, 4.69) is 5.10 Å². The third-order valence-corrected chi connectivity index (χ3v) is 4.53. The quantitative estimate of drug-likeness (QED) is 0.497. The van der Waals surface area contributed by atoms with Crippen LogP contribution in [0.2, 0.25) is 5.02 Å². The Kier molecular flexibility index (Phi) is 4.74. The summed E-state index contributed by atoms with van der Waals surface area (Å²) in [5.74, 6) is 0. The summed E-state index contributed by atoms with van der Waals surface area (Å²) in [4.78, 5) is 10.5. The number of hydrogen-bond acceptors (Lipinski definition) is 4. The van der Waals surface area contributed by atoms with Gasteiger partial charge in [-0.25, -0.2) is 0 Å². The average molecular weight is 367 g/mol. The van der Waals surface area contributed by atoms with Gasteiger partial charge in [0, 0.05) is 23.4 Å². The summed E-state index contributed by atoms with van der Waals surface area (Å²) in [5.41, 5.74) is 4.87. The molecule has 0 saturated carbocycles. The second kappa shape index (κ2) is 6.98. The van der Waals surface area contributed by atoms with Gasteiger partial charge >= 0.3 is 0 Å². The molecule has 1 heterocycles. The smallest absolute Gasteiger partial charge is 0.265 e. The SMILES string of the molecule is Cc1nn(Cc2cccc([N+](=O)[O-])c2)c(C)c1-c1ccc(C#N)c(Cl)c1. The molecule has 3 aromatic rings. The van der Waals surface area contributed by atoms with E-state index in [0.29, 0.717) is 17.1 Å². The maximum atomic E-state index is 10.9. The maximum Gasteiger partial charge on any atom is 0.269 e. The molecule has 6 nitrogen and oxygen atoms in total. The number of aryl methyl sites for hydroxylation is 1. The minimum Gasteiger partial charge on any atom is -0.265 e. The van der Waals surface area contributed by atoms with Gasteiger partial charge in [0.25, 0.3) is 5.69 Å². The molecule has 26 heavy (non-hydrogen) atoms. The Bertz CT molecular complexity index is 1050. The number of aromatic nitrogens is 2. The summed E-state index contributed by atoms with van der Waals surface area (Å²) in [6.07, 6.45) is 0. The molecule has 130 valence electrons. The third-order valence-electron chi connectivity index (χ3n) is 4.21. The van der Waals surface area contributed by atoms with Crippen LogP contribution in [0.1, 0.15) is 22.5 Å². The van der Waals surface area contributed by atoms with Gasteiger partial charge in [0.05, 0.1) is 27.7 Å². The van der Waals surface area contributed by atoms with Crippen molar-refractivity contribution in [1.29, 1.82) is 5.26 Å². The fraction of sp³-hybridized carbons (Fsp3) is 0.158. The van der Waals surface area contributed by atoms with E-state index in [-0.39, 0.29) is 5.69 Å². The van der Waals surface area contributed by atoms with Gasteiger partial charge in [-0.15, -0.1) is 0 Å². The van der Waals surface area contributed by atoms with Crippen LogP contribution in [-0.2, 0) is 6.54 Å². The zero-order valence-electron chi connectivity index (χ0n) is 14.2. The molecule has 1 aromatic heterocycles. The molecular formula is C19H15ClN4O2. The summed E-state index contributed by atoms with van der Waals surface area (Å²) in [6.45, 7) is 4.27. The van der Waals surface area contributed by atoms with Gasteiger partial charge in [-0.3, -0.25) is 14.8 Å². The third kappa shape index (κ3) is 3.30. The zero-order chi connectivity index (χ0) is 18.8. The van der Waals surface area contributed by atoms with Crippen molar-refractivity contribution >= 4 is 17.3 Å². The summed E-state index contributed by atoms with van der Waals surface area (Å²) >= 11 is 6.15. The molecule has 0 aliphatic heterocycles. The molecule has 2 aromatic carbocycles. The topological polar surface area (TPSA) is 84.8 Å². The van der Waals surface area contributed by atoms with Crippen molar-refractivity contribution in [2.75, 3.05) is 0 Å². The van der Waals surface area contributed by atoms with Gasteiger partial charge in [-0.05, 0) is 37.1 Å². The van der Waals surface area contributed by atoms with Crippen LogP contribution in [0.5, 0.6) is 0 Å². The average Bonchev–Trinajstić information content (AvgIpc) is 2.88. The maximum absolute atomic E-state index is 10.9. The van der Waals surface area contributed by atoms with E-state index >= 15 is 0 Å². The van der Waals surface area contributed by atoms with Crippen LogP contribution in [0.3, 0.4) is 0 Å². The first-order chi connectivity index (χ1) is 12.4. The highest BCUT2D eigenvalue weighted by atomic mass is 35.5. The van der Waals surface area contributed by atoms with Gasteiger partial charge < -0.3 is 0 Å². The Morgan fingerprint density at radius 2 is 2.04 bits per heavy atom. The molecule has 0 amide bonds. The second-order valence-electron chi connectivity index (χ2n) is 5.94. The molecular weight excluding hydrogens is 352 g/mol. The van der Waals surface area contributed by atoms with E-state index in [1.165, 1.54) is 6.07 Å². The molecule has 3 rings (SSSR count). The highest BCUT2D eigenvalue weighted by Crippen LogP contribution is 2.30. The number of non-ortho nitro benzene ring substituents is 1. The van der Waals surface area contributed by atoms with Crippen molar-refractivity contribution in [1.82, 2.24) is 9.78 Å². The monoisotopic (exact) mass is 366 g/mol.